The third-order valence-corrected chi connectivity index (χ3v) is 8.22. The van der Waals surface area contributed by atoms with Gasteiger partial charge in [-0.2, -0.15) is 0 Å². The SMILES string of the molecule is Cc1ccc(OCC2CC2)c(-c2ncnc3c(C(=O)N[C@@H]4CN(C(=O)[C@H](C)O)CC45CC5)c(C)[nH]c23)c1F. The number of aromatic nitrogens is 3. The standard InChI is InChI=1S/C28H32FN5O4/c1-14-4-7-18(38-11-17-5-6-17)21(22(14)29)24-25-23(30-13-31-24)20(15(2)32-25)26(36)33-19-10-34(27(37)16(3)35)12-28(19)8-9-28/h4,7,13,16-17,19,32,35H,5-6,8-12H2,1-3H3,(H,33,36)/t16-,19+/m0/s1. The molecule has 6 rings (SSSR count). The van der Waals surface area contributed by atoms with Gasteiger partial charge in [0.05, 0.1) is 29.3 Å². The lowest BCUT2D eigenvalue weighted by Gasteiger charge is -2.19. The summed E-state index contributed by atoms with van der Waals surface area (Å²) < 4.78 is 21.5. The fourth-order valence-corrected chi connectivity index (χ4v) is 5.58. The van der Waals surface area contributed by atoms with Crippen LogP contribution in [0.25, 0.3) is 22.3 Å². The van der Waals surface area contributed by atoms with Gasteiger partial charge in [-0.25, -0.2) is 14.4 Å². The Morgan fingerprint density at radius 2 is 2.05 bits per heavy atom. The van der Waals surface area contributed by atoms with Crippen LogP contribution in [0.3, 0.4) is 0 Å². The quantitative estimate of drug-likeness (QED) is 0.439. The van der Waals surface area contributed by atoms with Crippen molar-refractivity contribution in [1.82, 2.24) is 25.2 Å². The first-order valence-corrected chi connectivity index (χ1v) is 13.2. The number of carbonyl (C=O) groups is 2. The first-order valence-electron chi connectivity index (χ1n) is 13.2. The summed E-state index contributed by atoms with van der Waals surface area (Å²) in [5, 5.41) is 12.9. The maximum absolute atomic E-state index is 15.5. The van der Waals surface area contributed by atoms with Gasteiger partial charge in [0.15, 0.2) is 0 Å². The Morgan fingerprint density at radius 1 is 1.29 bits per heavy atom. The Hall–Kier alpha value is -3.53. The molecule has 9 nitrogen and oxygen atoms in total. The molecule has 1 saturated heterocycles. The van der Waals surface area contributed by atoms with Crippen LogP contribution in [0.2, 0.25) is 0 Å². The largest absolute Gasteiger partial charge is 0.492 e. The van der Waals surface area contributed by atoms with Gasteiger partial charge in [-0.1, -0.05) is 6.07 Å². The topological polar surface area (TPSA) is 120 Å². The van der Waals surface area contributed by atoms with Crippen molar-refractivity contribution in [3.63, 3.8) is 0 Å². The van der Waals surface area contributed by atoms with E-state index in [1.165, 1.54) is 13.3 Å². The first-order chi connectivity index (χ1) is 18.2. The summed E-state index contributed by atoms with van der Waals surface area (Å²) in [6.07, 6.45) is 4.32. The van der Waals surface area contributed by atoms with Gasteiger partial charge in [-0.3, -0.25) is 9.59 Å². The zero-order valence-corrected chi connectivity index (χ0v) is 21.8. The lowest BCUT2D eigenvalue weighted by atomic mass is 10.00. The number of halogens is 1. The molecule has 3 heterocycles. The smallest absolute Gasteiger partial charge is 0.255 e. The molecule has 1 spiro atoms. The molecule has 2 aliphatic carbocycles. The third kappa shape index (κ3) is 4.20. The Balaban J connectivity index is 1.33. The molecule has 3 aromatic rings. The van der Waals surface area contributed by atoms with Crippen molar-refractivity contribution in [3.05, 3.63) is 41.1 Å². The number of hydrogen-bond donors (Lipinski definition) is 3. The van der Waals surface area contributed by atoms with Crippen molar-refractivity contribution in [2.75, 3.05) is 19.7 Å². The molecule has 3 fully saturated rings. The number of rotatable bonds is 7. The predicted molar refractivity (Wildman–Crippen MR) is 138 cm³/mol. The minimum atomic E-state index is -1.08. The highest BCUT2D eigenvalue weighted by atomic mass is 19.1. The van der Waals surface area contributed by atoms with Gasteiger partial charge in [0.2, 0.25) is 0 Å². The molecular weight excluding hydrogens is 489 g/mol. The number of likely N-dealkylation sites (tertiary alicyclic amines) is 1. The maximum atomic E-state index is 15.5. The van der Waals surface area contributed by atoms with Crippen LogP contribution in [0.1, 0.15) is 54.2 Å². The lowest BCUT2D eigenvalue weighted by Crippen LogP contribution is -2.42. The number of fused-ring (bicyclic) bond motifs is 1. The molecule has 38 heavy (non-hydrogen) atoms. The molecule has 10 heteroatoms. The molecule has 2 saturated carbocycles. The van der Waals surface area contributed by atoms with E-state index in [0.717, 1.165) is 25.7 Å². The summed E-state index contributed by atoms with van der Waals surface area (Å²) in [5.74, 6) is -0.133. The molecule has 200 valence electrons. The van der Waals surface area contributed by atoms with E-state index in [4.69, 9.17) is 4.74 Å². The van der Waals surface area contributed by atoms with E-state index in [9.17, 15) is 14.7 Å². The monoisotopic (exact) mass is 521 g/mol. The van der Waals surface area contributed by atoms with Gasteiger partial charge >= 0.3 is 0 Å². The zero-order chi connectivity index (χ0) is 26.8. The second-order valence-electron chi connectivity index (χ2n) is 11.2. The third-order valence-electron chi connectivity index (χ3n) is 8.22. The summed E-state index contributed by atoms with van der Waals surface area (Å²) in [6.45, 7) is 6.34. The van der Waals surface area contributed by atoms with Gasteiger partial charge in [-0.15, -0.1) is 0 Å². The maximum Gasteiger partial charge on any atom is 0.255 e. The van der Waals surface area contributed by atoms with Crippen molar-refractivity contribution in [2.24, 2.45) is 11.3 Å². The molecule has 2 atom stereocenters. The minimum Gasteiger partial charge on any atom is -0.492 e. The van der Waals surface area contributed by atoms with Crippen LogP contribution in [0.5, 0.6) is 5.75 Å². The van der Waals surface area contributed by atoms with E-state index in [0.29, 0.717) is 64.9 Å². The Labute approximate surface area is 219 Å². The van der Waals surface area contributed by atoms with Gasteiger partial charge in [-0.05, 0) is 64.0 Å². The van der Waals surface area contributed by atoms with Crippen LogP contribution in [0.15, 0.2) is 18.5 Å². The van der Waals surface area contributed by atoms with Crippen molar-refractivity contribution >= 4 is 22.8 Å². The van der Waals surface area contributed by atoms with Crippen molar-refractivity contribution in [1.29, 1.82) is 0 Å². The molecule has 0 radical (unpaired) electrons. The van der Waals surface area contributed by atoms with E-state index in [1.807, 2.05) is 0 Å². The number of aliphatic hydroxyl groups excluding tert-OH is 1. The number of hydrogen-bond acceptors (Lipinski definition) is 6. The summed E-state index contributed by atoms with van der Waals surface area (Å²) >= 11 is 0. The molecule has 0 bridgehead atoms. The van der Waals surface area contributed by atoms with Crippen LogP contribution < -0.4 is 10.1 Å². The highest BCUT2D eigenvalue weighted by Gasteiger charge is 2.56. The van der Waals surface area contributed by atoms with E-state index in [1.54, 1.807) is 30.9 Å². The summed E-state index contributed by atoms with van der Waals surface area (Å²) in [7, 11) is 0. The number of amides is 2. The van der Waals surface area contributed by atoms with Gasteiger partial charge in [0.1, 0.15) is 35.2 Å². The number of nitrogens with zero attached hydrogens (tertiary/aromatic N) is 3. The number of ether oxygens (including phenoxy) is 1. The second-order valence-corrected chi connectivity index (χ2v) is 11.2. The lowest BCUT2D eigenvalue weighted by molar-refractivity contribution is -0.138. The number of aliphatic hydroxyl groups is 1. The number of aryl methyl sites for hydroxylation is 2. The minimum absolute atomic E-state index is 0.154. The van der Waals surface area contributed by atoms with E-state index in [2.05, 4.69) is 20.3 Å². The van der Waals surface area contributed by atoms with E-state index < -0.39 is 11.9 Å². The molecule has 0 unspecified atom stereocenters. The Bertz CT molecular complexity index is 1440. The number of carbonyl (C=O) groups excluding carboxylic acids is 2. The highest BCUT2D eigenvalue weighted by Crippen LogP contribution is 2.53. The van der Waals surface area contributed by atoms with Gasteiger partial charge < -0.3 is 25.0 Å². The fourth-order valence-electron chi connectivity index (χ4n) is 5.58. The normalized spacial score (nSPS) is 20.7. The number of H-pyrrole nitrogens is 1. The van der Waals surface area contributed by atoms with Crippen molar-refractivity contribution in [3.8, 4) is 17.0 Å². The van der Waals surface area contributed by atoms with Gasteiger partial charge in [0.25, 0.3) is 11.8 Å². The Kier molecular flexibility index (Phi) is 5.90. The molecule has 3 N–H and O–H groups in total. The Morgan fingerprint density at radius 3 is 2.74 bits per heavy atom. The zero-order valence-electron chi connectivity index (χ0n) is 21.8. The average Bonchev–Trinajstić information content (AvgIpc) is 3.79. The number of aromatic amines is 1. The summed E-state index contributed by atoms with van der Waals surface area (Å²) in [4.78, 5) is 39.7. The first kappa shape index (κ1) is 24.8. The van der Waals surface area contributed by atoms with E-state index in [-0.39, 0.29) is 28.8 Å². The van der Waals surface area contributed by atoms with E-state index >= 15 is 4.39 Å². The fraction of sp³-hybridized carbons (Fsp3) is 0.500. The predicted octanol–water partition coefficient (Wildman–Crippen LogP) is 3.27. The molecule has 1 aromatic carbocycles. The number of benzene rings is 1. The van der Waals surface area contributed by atoms with Crippen molar-refractivity contribution in [2.45, 2.75) is 58.6 Å². The van der Waals surface area contributed by atoms with Crippen molar-refractivity contribution < 1.29 is 23.8 Å². The van der Waals surface area contributed by atoms with Crippen LogP contribution in [0, 0.1) is 31.0 Å². The van der Waals surface area contributed by atoms with Gasteiger partial charge in [0, 0.05) is 24.2 Å². The molecule has 2 aromatic heterocycles. The summed E-state index contributed by atoms with van der Waals surface area (Å²) in [5.41, 5.74) is 2.75. The van der Waals surface area contributed by atoms with Crippen LogP contribution >= 0.6 is 0 Å². The molecular formula is C28H32FN5O4. The van der Waals surface area contributed by atoms with Crippen LogP contribution in [-0.2, 0) is 4.79 Å². The molecule has 3 aliphatic rings. The summed E-state index contributed by atoms with van der Waals surface area (Å²) in [6, 6.07) is 3.24. The number of nitrogens with one attached hydrogen (secondary N) is 2. The highest BCUT2D eigenvalue weighted by molar-refractivity contribution is 6.09. The second kappa shape index (κ2) is 9.04. The van der Waals surface area contributed by atoms with Crippen LogP contribution in [-0.4, -0.2) is 68.6 Å². The average molecular weight is 522 g/mol. The van der Waals surface area contributed by atoms with Crippen LogP contribution in [0.4, 0.5) is 4.39 Å². The molecule has 1 aliphatic heterocycles. The molecule has 2 amide bonds.